The number of imide groups is 1. The van der Waals surface area contributed by atoms with Gasteiger partial charge < -0.3 is 4.74 Å². The van der Waals surface area contributed by atoms with Crippen LogP contribution < -0.4 is 4.74 Å². The Labute approximate surface area is 222 Å². The molecule has 0 radical (unpaired) electrons. The molecule has 0 N–H and O–H groups in total. The minimum atomic E-state index is -0.394. The molecule has 2 atom stereocenters. The van der Waals surface area contributed by atoms with E-state index < -0.39 is 6.04 Å². The molecule has 0 unspecified atom stereocenters. The van der Waals surface area contributed by atoms with E-state index in [-0.39, 0.29) is 17.7 Å². The van der Waals surface area contributed by atoms with Crippen molar-refractivity contribution in [2.75, 3.05) is 7.11 Å². The van der Waals surface area contributed by atoms with Gasteiger partial charge in [-0.05, 0) is 53.4 Å². The van der Waals surface area contributed by atoms with Crippen LogP contribution in [0.15, 0.2) is 109 Å². The summed E-state index contributed by atoms with van der Waals surface area (Å²) in [6, 6.07) is 33.7. The molecule has 0 spiro atoms. The molecule has 0 aromatic heterocycles. The maximum Gasteiger partial charge on any atom is 0.261 e. The minimum Gasteiger partial charge on any atom is -0.496 e. The molecule has 5 heteroatoms. The third-order valence-electron chi connectivity index (χ3n) is 6.83. The number of nitriles is 1. The van der Waals surface area contributed by atoms with Crippen LogP contribution in [0.1, 0.15) is 27.0 Å². The summed E-state index contributed by atoms with van der Waals surface area (Å²) < 4.78 is 5.46. The van der Waals surface area contributed by atoms with Crippen molar-refractivity contribution < 1.29 is 14.3 Å². The summed E-state index contributed by atoms with van der Waals surface area (Å²) in [5, 5.41) is 9.26. The standard InChI is InChI=1S/C33H26N2O3/c1-38-31-13-6-5-12-28(31)26-15-17-27(18-16-26)32(36)35-30(19-14-23-8-3-2-4-9-23)29(33(35)37)21-24-10-7-11-25(20-24)22-34/h2-20,29-30H,21H2,1H3/b19-14+/t29-,30-/m1/s1. The highest BCUT2D eigenvalue weighted by Crippen LogP contribution is 2.34. The molecule has 4 aromatic carbocycles. The summed E-state index contributed by atoms with van der Waals surface area (Å²) in [6.07, 6.45) is 4.33. The van der Waals surface area contributed by atoms with Gasteiger partial charge in [-0.3, -0.25) is 14.5 Å². The van der Waals surface area contributed by atoms with Crippen molar-refractivity contribution in [3.63, 3.8) is 0 Å². The number of nitrogens with zero attached hydrogens (tertiary/aromatic N) is 2. The molecular weight excluding hydrogens is 472 g/mol. The Bertz CT molecular complexity index is 1530. The van der Waals surface area contributed by atoms with Crippen LogP contribution in [0.4, 0.5) is 0 Å². The van der Waals surface area contributed by atoms with Crippen molar-refractivity contribution in [1.82, 2.24) is 4.90 Å². The summed E-state index contributed by atoms with van der Waals surface area (Å²) >= 11 is 0. The first-order chi connectivity index (χ1) is 18.6. The predicted octanol–water partition coefficient (Wildman–Crippen LogP) is 6.16. The summed E-state index contributed by atoms with van der Waals surface area (Å²) in [5.41, 5.74) is 4.73. The lowest BCUT2D eigenvalue weighted by Gasteiger charge is -2.44. The highest BCUT2D eigenvalue weighted by Gasteiger charge is 2.49. The second-order valence-corrected chi connectivity index (χ2v) is 9.17. The molecule has 5 nitrogen and oxygen atoms in total. The molecule has 5 rings (SSSR count). The van der Waals surface area contributed by atoms with Crippen molar-refractivity contribution in [3.05, 3.63) is 131 Å². The normalized spacial score (nSPS) is 16.6. The Morgan fingerprint density at radius 1 is 0.947 bits per heavy atom. The molecule has 1 fully saturated rings. The van der Waals surface area contributed by atoms with Crippen molar-refractivity contribution in [2.45, 2.75) is 12.5 Å². The molecule has 0 bridgehead atoms. The van der Waals surface area contributed by atoms with Crippen molar-refractivity contribution in [1.29, 1.82) is 5.26 Å². The molecular formula is C33H26N2O3. The number of hydrogen-bond acceptors (Lipinski definition) is 4. The number of amides is 2. The van der Waals surface area contributed by atoms with E-state index in [2.05, 4.69) is 6.07 Å². The quantitative estimate of drug-likeness (QED) is 0.226. The monoisotopic (exact) mass is 498 g/mol. The molecule has 1 aliphatic heterocycles. The molecule has 186 valence electrons. The topological polar surface area (TPSA) is 70.4 Å². The number of carbonyl (C=O) groups excluding carboxylic acids is 2. The summed E-state index contributed by atoms with van der Waals surface area (Å²) in [7, 11) is 1.63. The molecule has 0 aliphatic carbocycles. The summed E-state index contributed by atoms with van der Waals surface area (Å²) in [5.74, 6) is -0.181. The van der Waals surface area contributed by atoms with E-state index >= 15 is 0 Å². The number of rotatable bonds is 7. The van der Waals surface area contributed by atoms with Gasteiger partial charge in [0.05, 0.1) is 30.7 Å². The number of benzene rings is 4. The van der Waals surface area contributed by atoms with E-state index in [9.17, 15) is 14.9 Å². The molecule has 1 heterocycles. The van der Waals surface area contributed by atoms with E-state index in [0.717, 1.165) is 28.0 Å². The number of ether oxygens (including phenoxy) is 1. The van der Waals surface area contributed by atoms with Crippen molar-refractivity contribution >= 4 is 17.9 Å². The molecule has 1 saturated heterocycles. The van der Waals surface area contributed by atoms with Crippen LogP contribution in [0.3, 0.4) is 0 Å². The number of methoxy groups -OCH3 is 1. The van der Waals surface area contributed by atoms with Crippen molar-refractivity contribution in [3.8, 4) is 22.9 Å². The average molecular weight is 499 g/mol. The van der Waals surface area contributed by atoms with Crippen LogP contribution in [0.25, 0.3) is 17.2 Å². The van der Waals surface area contributed by atoms with Gasteiger partial charge in [0.1, 0.15) is 5.75 Å². The molecule has 0 saturated carbocycles. The molecule has 2 amide bonds. The maximum atomic E-state index is 13.5. The lowest BCUT2D eigenvalue weighted by atomic mass is 9.81. The van der Waals surface area contributed by atoms with Gasteiger partial charge >= 0.3 is 0 Å². The number of β-lactam (4-membered cyclic amide) rings is 1. The van der Waals surface area contributed by atoms with Gasteiger partial charge in [0, 0.05) is 11.1 Å². The van der Waals surface area contributed by atoms with Crippen LogP contribution in [0.5, 0.6) is 5.75 Å². The Morgan fingerprint density at radius 3 is 2.42 bits per heavy atom. The first kappa shape index (κ1) is 24.7. The molecule has 38 heavy (non-hydrogen) atoms. The second-order valence-electron chi connectivity index (χ2n) is 9.17. The third kappa shape index (κ3) is 4.98. The number of carbonyl (C=O) groups is 2. The second kappa shape index (κ2) is 11.0. The van der Waals surface area contributed by atoms with E-state index in [1.807, 2.05) is 91.0 Å². The lowest BCUT2D eigenvalue weighted by Crippen LogP contribution is -2.62. The van der Waals surface area contributed by atoms with Gasteiger partial charge in [0.25, 0.3) is 5.91 Å². The third-order valence-corrected chi connectivity index (χ3v) is 6.83. The average Bonchev–Trinajstić information content (AvgIpc) is 2.98. The highest BCUT2D eigenvalue weighted by molar-refractivity contribution is 6.10. The fourth-order valence-electron chi connectivity index (χ4n) is 4.84. The largest absolute Gasteiger partial charge is 0.496 e. The smallest absolute Gasteiger partial charge is 0.261 e. The van der Waals surface area contributed by atoms with Gasteiger partial charge in [0.2, 0.25) is 5.91 Å². The number of para-hydroxylation sites is 1. The van der Waals surface area contributed by atoms with Gasteiger partial charge in [-0.25, -0.2) is 0 Å². The summed E-state index contributed by atoms with van der Waals surface area (Å²) in [6.45, 7) is 0. The van der Waals surface area contributed by atoms with Gasteiger partial charge in [0.15, 0.2) is 0 Å². The SMILES string of the molecule is COc1ccccc1-c1ccc(C(=O)N2C(=O)[C@H](Cc3cccc(C#N)c3)[C@H]2/C=C/c2ccccc2)cc1. The zero-order chi connectivity index (χ0) is 26.5. The van der Waals surface area contributed by atoms with Crippen LogP contribution in [-0.4, -0.2) is 29.9 Å². The maximum absolute atomic E-state index is 13.5. The Balaban J connectivity index is 1.41. The predicted molar refractivity (Wildman–Crippen MR) is 147 cm³/mol. The highest BCUT2D eigenvalue weighted by atomic mass is 16.5. The fourth-order valence-corrected chi connectivity index (χ4v) is 4.84. The minimum absolute atomic E-state index is 0.214. The van der Waals surface area contributed by atoms with Gasteiger partial charge in [-0.2, -0.15) is 5.26 Å². The van der Waals surface area contributed by atoms with Crippen LogP contribution in [0.2, 0.25) is 0 Å². The Hall–Kier alpha value is -4.95. The molecule has 1 aliphatic rings. The Morgan fingerprint density at radius 2 is 1.68 bits per heavy atom. The first-order valence-corrected chi connectivity index (χ1v) is 12.4. The zero-order valence-electron chi connectivity index (χ0n) is 21.0. The van der Waals surface area contributed by atoms with Gasteiger partial charge in [-0.1, -0.05) is 84.9 Å². The van der Waals surface area contributed by atoms with E-state index in [1.54, 1.807) is 31.4 Å². The summed E-state index contributed by atoms with van der Waals surface area (Å²) in [4.78, 5) is 28.2. The Kier molecular flexibility index (Phi) is 7.15. The van der Waals surface area contributed by atoms with E-state index in [1.165, 1.54) is 4.90 Å². The van der Waals surface area contributed by atoms with Crippen LogP contribution >= 0.6 is 0 Å². The van der Waals surface area contributed by atoms with E-state index in [4.69, 9.17) is 4.74 Å². The van der Waals surface area contributed by atoms with Crippen LogP contribution in [-0.2, 0) is 11.2 Å². The van der Waals surface area contributed by atoms with Crippen LogP contribution in [0, 0.1) is 17.2 Å². The number of likely N-dealkylation sites (tertiary alicyclic amines) is 1. The van der Waals surface area contributed by atoms with Crippen molar-refractivity contribution in [2.24, 2.45) is 5.92 Å². The zero-order valence-corrected chi connectivity index (χ0v) is 21.0. The first-order valence-electron chi connectivity index (χ1n) is 12.4. The number of hydrogen-bond donors (Lipinski definition) is 0. The van der Waals surface area contributed by atoms with Gasteiger partial charge in [-0.15, -0.1) is 0 Å². The van der Waals surface area contributed by atoms with E-state index in [0.29, 0.717) is 17.5 Å². The lowest BCUT2D eigenvalue weighted by molar-refractivity contribution is -0.147. The fraction of sp³-hybridized carbons (Fsp3) is 0.121. The molecule has 4 aromatic rings.